The van der Waals surface area contributed by atoms with Crippen LogP contribution in [0.25, 0.3) is 0 Å². The smallest absolute Gasteiger partial charge is 0.303 e. The average Bonchev–Trinajstić information content (AvgIpc) is 2.53. The van der Waals surface area contributed by atoms with Gasteiger partial charge in [-0.2, -0.15) is 0 Å². The number of carbonyl (C=O) groups excluding carboxylic acids is 3. The van der Waals surface area contributed by atoms with Gasteiger partial charge >= 0.3 is 6.03 Å². The minimum absolute atomic E-state index is 0. The van der Waals surface area contributed by atoms with Gasteiger partial charge in [-0.05, 0) is 38.4 Å². The van der Waals surface area contributed by atoms with Crippen LogP contribution in [0.5, 0.6) is 0 Å². The first-order valence-electron chi connectivity index (χ1n) is 7.96. The third-order valence-corrected chi connectivity index (χ3v) is 4.96. The molecule has 2 N–H and O–H groups in total. The lowest BCUT2D eigenvalue weighted by atomic mass is 9.71. The molecule has 2 fully saturated rings. The maximum Gasteiger partial charge on any atom is 0.328 e. The van der Waals surface area contributed by atoms with E-state index < -0.39 is 23.3 Å². The lowest BCUT2D eigenvalue weighted by molar-refractivity contribution is -0.139. The Morgan fingerprint density at radius 1 is 1.08 bits per heavy atom. The number of likely N-dealkylation sites (tertiary alicyclic amines) is 1. The summed E-state index contributed by atoms with van der Waals surface area (Å²) in [6.45, 7) is 0.956. The van der Waals surface area contributed by atoms with Crippen LogP contribution in [0.4, 0.5) is 4.79 Å². The van der Waals surface area contributed by atoms with E-state index in [-0.39, 0.29) is 18.4 Å². The predicted octanol–water partition coefficient (Wildman–Crippen LogP) is 1.59. The minimum atomic E-state index is -1.36. The van der Waals surface area contributed by atoms with Crippen molar-refractivity contribution < 1.29 is 14.4 Å². The van der Waals surface area contributed by atoms with Crippen LogP contribution < -0.4 is 10.6 Å². The zero-order valence-corrected chi connectivity index (χ0v) is 14.4. The van der Waals surface area contributed by atoms with E-state index in [9.17, 15) is 14.4 Å². The molecule has 6 nitrogen and oxygen atoms in total. The molecule has 7 heteroatoms. The molecule has 1 atom stereocenters. The molecule has 1 unspecified atom stereocenters. The van der Waals surface area contributed by atoms with Gasteiger partial charge in [0.05, 0.1) is 0 Å². The van der Waals surface area contributed by atoms with E-state index in [0.717, 1.165) is 25.8 Å². The van der Waals surface area contributed by atoms with Gasteiger partial charge in [-0.15, -0.1) is 12.4 Å². The zero-order chi connectivity index (χ0) is 16.4. The SMILES string of the molecule is CN1CCCCC1CC1(c2ccccc2)C(=O)NC(=O)NC1=O.Cl. The molecule has 0 saturated carbocycles. The van der Waals surface area contributed by atoms with E-state index in [2.05, 4.69) is 15.5 Å². The molecular weight excluding hydrogens is 330 g/mol. The Kier molecular flexibility index (Phi) is 5.62. The first-order valence-corrected chi connectivity index (χ1v) is 7.96. The van der Waals surface area contributed by atoms with Crippen LogP contribution in [0.3, 0.4) is 0 Å². The van der Waals surface area contributed by atoms with Crippen molar-refractivity contribution in [3.63, 3.8) is 0 Å². The summed E-state index contributed by atoms with van der Waals surface area (Å²) in [5, 5.41) is 4.55. The van der Waals surface area contributed by atoms with Gasteiger partial charge in [-0.1, -0.05) is 36.8 Å². The summed E-state index contributed by atoms with van der Waals surface area (Å²) >= 11 is 0. The number of hydrogen-bond donors (Lipinski definition) is 2. The number of piperidine rings is 1. The molecule has 4 amide bonds. The maximum absolute atomic E-state index is 12.7. The van der Waals surface area contributed by atoms with Crippen LogP contribution in [-0.2, 0) is 15.0 Å². The third kappa shape index (κ3) is 3.16. The van der Waals surface area contributed by atoms with Gasteiger partial charge in [0.2, 0.25) is 11.8 Å². The Morgan fingerprint density at radius 2 is 1.71 bits per heavy atom. The highest BCUT2D eigenvalue weighted by Gasteiger charge is 2.53. The van der Waals surface area contributed by atoms with Crippen molar-refractivity contribution in [3.8, 4) is 0 Å². The Hall–Kier alpha value is -1.92. The number of carbonyl (C=O) groups is 3. The number of halogens is 1. The fraction of sp³-hybridized carbons (Fsp3) is 0.471. The van der Waals surface area contributed by atoms with Crippen molar-refractivity contribution in [2.45, 2.75) is 37.1 Å². The van der Waals surface area contributed by atoms with Crippen molar-refractivity contribution in [1.29, 1.82) is 0 Å². The van der Waals surface area contributed by atoms with Gasteiger partial charge in [0.1, 0.15) is 0 Å². The molecule has 130 valence electrons. The lowest BCUT2D eigenvalue weighted by Gasteiger charge is -2.41. The molecule has 1 aromatic carbocycles. The van der Waals surface area contributed by atoms with E-state index in [1.165, 1.54) is 0 Å². The van der Waals surface area contributed by atoms with E-state index >= 15 is 0 Å². The first-order chi connectivity index (χ1) is 11.0. The Bertz CT molecular complexity index is 615. The summed E-state index contributed by atoms with van der Waals surface area (Å²) in [6, 6.07) is 8.39. The van der Waals surface area contributed by atoms with Crippen LogP contribution in [0, 0.1) is 0 Å². The van der Waals surface area contributed by atoms with Gasteiger partial charge in [0, 0.05) is 6.04 Å². The van der Waals surface area contributed by atoms with Crippen LogP contribution in [0.1, 0.15) is 31.2 Å². The number of rotatable bonds is 3. The highest BCUT2D eigenvalue weighted by molar-refractivity contribution is 6.22. The number of hydrogen-bond acceptors (Lipinski definition) is 4. The molecule has 1 aromatic rings. The first kappa shape index (κ1) is 18.4. The molecule has 2 aliphatic rings. The molecular formula is C17H22ClN3O3. The minimum Gasteiger partial charge on any atom is -0.303 e. The Labute approximate surface area is 147 Å². The van der Waals surface area contributed by atoms with Gasteiger partial charge in [0.25, 0.3) is 0 Å². The van der Waals surface area contributed by atoms with Crippen LogP contribution >= 0.6 is 12.4 Å². The van der Waals surface area contributed by atoms with E-state index in [0.29, 0.717) is 12.0 Å². The standard InChI is InChI=1S/C17H21N3O3.ClH/c1-20-10-6-5-9-13(20)11-17(12-7-3-2-4-8-12)14(21)18-16(23)19-15(17)22;/h2-4,7-8,13H,5-6,9-11H2,1H3,(H2,18,19,21,22,23);1H. The summed E-state index contributed by atoms with van der Waals surface area (Å²) < 4.78 is 0. The van der Waals surface area contributed by atoms with Crippen LogP contribution in [0.2, 0.25) is 0 Å². The normalized spacial score (nSPS) is 23.9. The number of imide groups is 2. The van der Waals surface area contributed by atoms with Gasteiger partial charge < -0.3 is 4.90 Å². The molecule has 2 heterocycles. The fourth-order valence-corrected chi connectivity index (χ4v) is 3.60. The lowest BCUT2D eigenvalue weighted by Crippen LogP contribution is -2.66. The topological polar surface area (TPSA) is 78.5 Å². The number of benzene rings is 1. The Morgan fingerprint density at radius 3 is 2.29 bits per heavy atom. The van der Waals surface area contributed by atoms with E-state index in [1.54, 1.807) is 24.3 Å². The van der Waals surface area contributed by atoms with Gasteiger partial charge in [-0.25, -0.2) is 4.79 Å². The largest absolute Gasteiger partial charge is 0.328 e. The monoisotopic (exact) mass is 351 g/mol. The molecule has 2 aliphatic heterocycles. The van der Waals surface area contributed by atoms with Crippen molar-refractivity contribution in [2.75, 3.05) is 13.6 Å². The molecule has 0 aromatic heterocycles. The number of nitrogens with zero attached hydrogens (tertiary/aromatic N) is 1. The third-order valence-electron chi connectivity index (χ3n) is 4.96. The maximum atomic E-state index is 12.7. The van der Waals surface area contributed by atoms with Crippen molar-refractivity contribution >= 4 is 30.3 Å². The van der Waals surface area contributed by atoms with Crippen molar-refractivity contribution in [1.82, 2.24) is 15.5 Å². The molecule has 0 spiro atoms. The zero-order valence-electron chi connectivity index (χ0n) is 13.6. The number of amides is 4. The molecule has 2 saturated heterocycles. The molecule has 0 bridgehead atoms. The molecule has 0 radical (unpaired) electrons. The quantitative estimate of drug-likeness (QED) is 0.810. The van der Waals surface area contributed by atoms with E-state index in [4.69, 9.17) is 0 Å². The predicted molar refractivity (Wildman–Crippen MR) is 91.9 cm³/mol. The van der Waals surface area contributed by atoms with Crippen molar-refractivity contribution in [2.24, 2.45) is 0 Å². The van der Waals surface area contributed by atoms with Gasteiger partial charge in [-0.3, -0.25) is 20.2 Å². The van der Waals surface area contributed by atoms with Gasteiger partial charge in [0.15, 0.2) is 5.41 Å². The van der Waals surface area contributed by atoms with E-state index in [1.807, 2.05) is 13.1 Å². The summed E-state index contributed by atoms with van der Waals surface area (Å²) in [5.41, 5.74) is -0.729. The summed E-state index contributed by atoms with van der Waals surface area (Å²) in [5.74, 6) is -1.06. The summed E-state index contributed by atoms with van der Waals surface area (Å²) in [6.07, 6.45) is 3.53. The molecule has 0 aliphatic carbocycles. The highest BCUT2D eigenvalue weighted by Crippen LogP contribution is 2.35. The Balaban J connectivity index is 0.00000208. The average molecular weight is 352 g/mol. The number of barbiturate groups is 1. The number of nitrogens with one attached hydrogen (secondary N) is 2. The second-order valence-electron chi connectivity index (χ2n) is 6.34. The summed E-state index contributed by atoms with van der Waals surface area (Å²) in [4.78, 5) is 39.1. The van der Waals surface area contributed by atoms with Crippen LogP contribution in [-0.4, -0.2) is 42.4 Å². The highest BCUT2D eigenvalue weighted by atomic mass is 35.5. The molecule has 24 heavy (non-hydrogen) atoms. The molecule has 3 rings (SSSR count). The second kappa shape index (κ2) is 7.32. The van der Waals surface area contributed by atoms with Crippen molar-refractivity contribution in [3.05, 3.63) is 35.9 Å². The summed E-state index contributed by atoms with van der Waals surface area (Å²) in [7, 11) is 2.02. The fourth-order valence-electron chi connectivity index (χ4n) is 3.60. The van der Waals surface area contributed by atoms with Crippen LogP contribution in [0.15, 0.2) is 30.3 Å². The number of urea groups is 1. The second-order valence-corrected chi connectivity index (χ2v) is 6.34.